The summed E-state index contributed by atoms with van der Waals surface area (Å²) in [7, 11) is 0. The minimum atomic E-state index is -0.930. The minimum Gasteiger partial charge on any atom is -0.508 e. The van der Waals surface area contributed by atoms with Gasteiger partial charge in [0.25, 0.3) is 5.91 Å². The van der Waals surface area contributed by atoms with Gasteiger partial charge in [0.05, 0.1) is 11.4 Å². The van der Waals surface area contributed by atoms with Gasteiger partial charge in [-0.2, -0.15) is 0 Å². The van der Waals surface area contributed by atoms with Crippen LogP contribution in [-0.2, 0) is 0 Å². The highest BCUT2D eigenvalue weighted by Crippen LogP contribution is 2.22. The lowest BCUT2D eigenvalue weighted by atomic mass is 10.2. The summed E-state index contributed by atoms with van der Waals surface area (Å²) >= 11 is 0. The molecule has 0 aliphatic heterocycles. The van der Waals surface area contributed by atoms with Gasteiger partial charge in [-0.15, -0.1) is 0 Å². The van der Waals surface area contributed by atoms with E-state index >= 15 is 0 Å². The van der Waals surface area contributed by atoms with Crippen LogP contribution in [0.2, 0.25) is 0 Å². The Morgan fingerprint density at radius 1 is 1.16 bits per heavy atom. The van der Waals surface area contributed by atoms with Crippen molar-refractivity contribution in [1.82, 2.24) is 0 Å². The van der Waals surface area contributed by atoms with Crippen molar-refractivity contribution in [1.29, 1.82) is 0 Å². The fourth-order valence-electron chi connectivity index (χ4n) is 1.50. The van der Waals surface area contributed by atoms with Gasteiger partial charge in [0.2, 0.25) is 0 Å². The van der Waals surface area contributed by atoms with E-state index in [4.69, 9.17) is 5.73 Å². The molecule has 0 heterocycles. The quantitative estimate of drug-likeness (QED) is 0.729. The standard InChI is InChI=1S/C13H10F2N2O2/c14-9-5-10(15)12(6-11(9)16)17-13(19)7-2-1-3-8(18)4-7/h1-6,18H,16H2,(H,17,19). The number of halogens is 2. The van der Waals surface area contributed by atoms with E-state index in [0.717, 1.165) is 6.07 Å². The lowest BCUT2D eigenvalue weighted by molar-refractivity contribution is 0.102. The highest BCUT2D eigenvalue weighted by molar-refractivity contribution is 6.04. The van der Waals surface area contributed by atoms with E-state index in [1.165, 1.54) is 24.3 Å². The molecule has 98 valence electrons. The molecule has 2 rings (SSSR count). The second kappa shape index (κ2) is 4.93. The monoisotopic (exact) mass is 264 g/mol. The number of phenolic OH excluding ortho intramolecular Hbond substituents is 1. The maximum atomic E-state index is 13.4. The molecule has 0 aliphatic carbocycles. The largest absolute Gasteiger partial charge is 0.508 e. The van der Waals surface area contributed by atoms with Crippen LogP contribution in [0.4, 0.5) is 20.2 Å². The number of carbonyl (C=O) groups is 1. The van der Waals surface area contributed by atoms with E-state index in [1.54, 1.807) is 0 Å². The van der Waals surface area contributed by atoms with E-state index in [2.05, 4.69) is 5.32 Å². The molecule has 2 aromatic rings. The number of phenols is 1. The van der Waals surface area contributed by atoms with Gasteiger partial charge in [-0.1, -0.05) is 6.07 Å². The Labute approximate surface area is 107 Å². The van der Waals surface area contributed by atoms with E-state index in [0.29, 0.717) is 6.07 Å². The van der Waals surface area contributed by atoms with Gasteiger partial charge >= 0.3 is 0 Å². The number of amides is 1. The van der Waals surface area contributed by atoms with Gasteiger partial charge in [-0.3, -0.25) is 4.79 Å². The normalized spacial score (nSPS) is 10.2. The van der Waals surface area contributed by atoms with Gasteiger partial charge in [-0.25, -0.2) is 8.78 Å². The molecule has 2 aromatic carbocycles. The minimum absolute atomic E-state index is 0.0910. The summed E-state index contributed by atoms with van der Waals surface area (Å²) < 4.78 is 26.4. The van der Waals surface area contributed by atoms with Crippen LogP contribution in [0.25, 0.3) is 0 Å². The predicted octanol–water partition coefficient (Wildman–Crippen LogP) is 2.50. The second-order valence-electron chi connectivity index (χ2n) is 3.86. The topological polar surface area (TPSA) is 75.3 Å². The lowest BCUT2D eigenvalue weighted by Gasteiger charge is -2.08. The Bertz CT molecular complexity index is 645. The van der Waals surface area contributed by atoms with Gasteiger partial charge in [-0.05, 0) is 24.3 Å². The van der Waals surface area contributed by atoms with Gasteiger partial charge in [0.15, 0.2) is 0 Å². The number of nitrogen functional groups attached to an aromatic ring is 1. The Hall–Kier alpha value is -2.63. The molecule has 4 nitrogen and oxygen atoms in total. The van der Waals surface area contributed by atoms with Crippen molar-refractivity contribution in [3.63, 3.8) is 0 Å². The Morgan fingerprint density at radius 2 is 1.89 bits per heavy atom. The Balaban J connectivity index is 2.27. The summed E-state index contributed by atoms with van der Waals surface area (Å²) in [6.45, 7) is 0. The van der Waals surface area contributed by atoms with Gasteiger partial charge in [0.1, 0.15) is 17.4 Å². The molecular weight excluding hydrogens is 254 g/mol. The summed E-state index contributed by atoms with van der Waals surface area (Å²) in [5, 5.41) is 11.5. The van der Waals surface area contributed by atoms with Crippen molar-refractivity contribution in [2.45, 2.75) is 0 Å². The van der Waals surface area contributed by atoms with Gasteiger partial charge in [0, 0.05) is 11.6 Å². The zero-order chi connectivity index (χ0) is 14.0. The van der Waals surface area contributed by atoms with E-state index < -0.39 is 17.5 Å². The molecule has 0 bridgehead atoms. The van der Waals surface area contributed by atoms with Crippen LogP contribution < -0.4 is 11.1 Å². The maximum Gasteiger partial charge on any atom is 0.255 e. The molecule has 0 atom stereocenters. The summed E-state index contributed by atoms with van der Waals surface area (Å²) in [6, 6.07) is 7.12. The molecule has 4 N–H and O–H groups in total. The predicted molar refractivity (Wildman–Crippen MR) is 66.8 cm³/mol. The Kier molecular flexibility index (Phi) is 3.33. The van der Waals surface area contributed by atoms with Crippen molar-refractivity contribution >= 4 is 17.3 Å². The van der Waals surface area contributed by atoms with Crippen molar-refractivity contribution in [3.8, 4) is 5.75 Å². The molecule has 0 spiro atoms. The summed E-state index contributed by atoms with van der Waals surface area (Å²) in [5.41, 5.74) is 4.94. The summed E-state index contributed by atoms with van der Waals surface area (Å²) in [5.74, 6) is -2.55. The molecule has 1 amide bonds. The van der Waals surface area contributed by atoms with E-state index in [1.807, 2.05) is 0 Å². The highest BCUT2D eigenvalue weighted by atomic mass is 19.1. The highest BCUT2D eigenvalue weighted by Gasteiger charge is 2.12. The number of aromatic hydroxyl groups is 1. The number of anilines is 2. The molecule has 0 aliphatic rings. The third kappa shape index (κ3) is 2.79. The average Bonchev–Trinajstić information content (AvgIpc) is 2.36. The number of hydrogen-bond acceptors (Lipinski definition) is 3. The van der Waals surface area contributed by atoms with Crippen molar-refractivity contribution in [2.24, 2.45) is 0 Å². The van der Waals surface area contributed by atoms with Crippen LogP contribution in [0.3, 0.4) is 0 Å². The number of carbonyl (C=O) groups excluding carboxylic acids is 1. The molecular formula is C13H10F2N2O2. The number of nitrogens with one attached hydrogen (secondary N) is 1. The third-order valence-corrected chi connectivity index (χ3v) is 2.44. The number of rotatable bonds is 2. The van der Waals surface area contributed by atoms with E-state index in [9.17, 15) is 18.7 Å². The summed E-state index contributed by atoms with van der Waals surface area (Å²) in [6.07, 6.45) is 0. The fourth-order valence-corrected chi connectivity index (χ4v) is 1.50. The third-order valence-electron chi connectivity index (χ3n) is 2.44. The van der Waals surface area contributed by atoms with Crippen LogP contribution in [0.15, 0.2) is 36.4 Å². The second-order valence-corrected chi connectivity index (χ2v) is 3.86. The first-order valence-electron chi connectivity index (χ1n) is 5.32. The number of nitrogens with two attached hydrogens (primary N) is 1. The first-order valence-corrected chi connectivity index (χ1v) is 5.32. The zero-order valence-electron chi connectivity index (χ0n) is 9.65. The number of benzene rings is 2. The smallest absolute Gasteiger partial charge is 0.255 e. The fraction of sp³-hybridized carbons (Fsp3) is 0. The van der Waals surface area contributed by atoms with Crippen LogP contribution in [0, 0.1) is 11.6 Å². The molecule has 0 radical (unpaired) electrons. The molecule has 19 heavy (non-hydrogen) atoms. The van der Waals surface area contributed by atoms with Crippen molar-refractivity contribution in [3.05, 3.63) is 53.6 Å². The summed E-state index contributed by atoms with van der Waals surface area (Å²) in [4.78, 5) is 11.8. The first-order chi connectivity index (χ1) is 8.97. The molecule has 0 fully saturated rings. The van der Waals surface area contributed by atoms with Crippen LogP contribution in [0.1, 0.15) is 10.4 Å². The Morgan fingerprint density at radius 3 is 2.58 bits per heavy atom. The SMILES string of the molecule is Nc1cc(NC(=O)c2cccc(O)c2)c(F)cc1F. The maximum absolute atomic E-state index is 13.4. The molecule has 0 aromatic heterocycles. The lowest BCUT2D eigenvalue weighted by Crippen LogP contribution is -2.13. The van der Waals surface area contributed by atoms with E-state index in [-0.39, 0.29) is 22.7 Å². The molecule has 0 saturated carbocycles. The van der Waals surface area contributed by atoms with Crippen molar-refractivity contribution < 1.29 is 18.7 Å². The first kappa shape index (κ1) is 12.8. The van der Waals surface area contributed by atoms with Crippen LogP contribution in [0.5, 0.6) is 5.75 Å². The van der Waals surface area contributed by atoms with Gasteiger partial charge < -0.3 is 16.2 Å². The molecule has 0 saturated heterocycles. The van der Waals surface area contributed by atoms with Crippen molar-refractivity contribution in [2.75, 3.05) is 11.1 Å². The van der Waals surface area contributed by atoms with Crippen LogP contribution in [-0.4, -0.2) is 11.0 Å². The van der Waals surface area contributed by atoms with Crippen LogP contribution >= 0.6 is 0 Å². The number of hydrogen-bond donors (Lipinski definition) is 3. The average molecular weight is 264 g/mol. The zero-order valence-corrected chi connectivity index (χ0v) is 9.65. The molecule has 0 unspecified atom stereocenters. The molecule has 6 heteroatoms.